The maximum Gasteiger partial charge on any atom is 0.355 e. The third kappa shape index (κ3) is 2.56. The topological polar surface area (TPSA) is 77.3 Å². The Morgan fingerprint density at radius 3 is 2.89 bits per heavy atom. The van der Waals surface area contributed by atoms with E-state index >= 15 is 0 Å². The number of hydrogen-bond donors (Lipinski definition) is 2. The number of benzene rings is 1. The summed E-state index contributed by atoms with van der Waals surface area (Å²) in [6, 6.07) is 7.26. The largest absolute Gasteiger partial charge is 0.458 e. The standard InChI is InChI=1S/C14H16N2O3/c15-10-1-2-12-9(7-10)8-13(16-12)14(17)19-11-3-5-18-6-4-11/h1-2,7-8,11,16H,3-6,15H2. The van der Waals surface area contributed by atoms with Crippen LogP contribution in [0.25, 0.3) is 10.9 Å². The van der Waals surface area contributed by atoms with E-state index in [1.54, 1.807) is 12.1 Å². The minimum absolute atomic E-state index is 0.0438. The smallest absolute Gasteiger partial charge is 0.355 e. The maximum atomic E-state index is 12.0. The van der Waals surface area contributed by atoms with Crippen LogP contribution >= 0.6 is 0 Å². The summed E-state index contributed by atoms with van der Waals surface area (Å²) in [6.45, 7) is 1.31. The van der Waals surface area contributed by atoms with Gasteiger partial charge in [-0.1, -0.05) is 0 Å². The van der Waals surface area contributed by atoms with Crippen molar-refractivity contribution >= 4 is 22.6 Å². The summed E-state index contributed by atoms with van der Waals surface area (Å²) in [5.74, 6) is -0.318. The van der Waals surface area contributed by atoms with Gasteiger partial charge in [0.1, 0.15) is 11.8 Å². The molecule has 5 heteroatoms. The van der Waals surface area contributed by atoms with Gasteiger partial charge in [-0.25, -0.2) is 4.79 Å². The lowest BCUT2D eigenvalue weighted by molar-refractivity contribution is -0.0162. The van der Waals surface area contributed by atoms with E-state index in [9.17, 15) is 4.79 Å². The lowest BCUT2D eigenvalue weighted by atomic mass is 10.1. The van der Waals surface area contributed by atoms with E-state index in [1.807, 2.05) is 12.1 Å². The lowest BCUT2D eigenvalue weighted by Crippen LogP contribution is -2.26. The first-order valence-corrected chi connectivity index (χ1v) is 6.39. The highest BCUT2D eigenvalue weighted by atomic mass is 16.6. The van der Waals surface area contributed by atoms with Crippen LogP contribution in [0.3, 0.4) is 0 Å². The number of esters is 1. The molecule has 19 heavy (non-hydrogen) atoms. The van der Waals surface area contributed by atoms with E-state index in [1.165, 1.54) is 0 Å². The molecule has 0 aliphatic carbocycles. The number of nitrogen functional groups attached to an aromatic ring is 1. The molecule has 0 radical (unpaired) electrons. The van der Waals surface area contributed by atoms with Gasteiger partial charge in [0, 0.05) is 29.4 Å². The van der Waals surface area contributed by atoms with Crippen LogP contribution in [0.4, 0.5) is 5.69 Å². The molecule has 1 fully saturated rings. The molecule has 1 aliphatic rings. The number of H-pyrrole nitrogens is 1. The van der Waals surface area contributed by atoms with E-state index in [0.717, 1.165) is 23.7 Å². The molecule has 0 atom stereocenters. The van der Waals surface area contributed by atoms with Crippen molar-refractivity contribution in [1.29, 1.82) is 0 Å². The zero-order valence-corrected chi connectivity index (χ0v) is 10.5. The Balaban J connectivity index is 1.77. The molecule has 5 nitrogen and oxygen atoms in total. The van der Waals surface area contributed by atoms with Gasteiger partial charge < -0.3 is 20.2 Å². The number of aromatic nitrogens is 1. The number of nitrogens with two attached hydrogens (primary N) is 1. The van der Waals surface area contributed by atoms with Crippen LogP contribution in [0, 0.1) is 0 Å². The Labute approximate surface area is 110 Å². The van der Waals surface area contributed by atoms with Crippen molar-refractivity contribution in [2.24, 2.45) is 0 Å². The highest BCUT2D eigenvalue weighted by Gasteiger charge is 2.20. The average Bonchev–Trinajstić information content (AvgIpc) is 2.83. The number of hydrogen-bond acceptors (Lipinski definition) is 4. The highest BCUT2D eigenvalue weighted by molar-refractivity contribution is 5.95. The number of carbonyl (C=O) groups is 1. The predicted octanol–water partition coefficient (Wildman–Crippen LogP) is 2.09. The molecule has 2 heterocycles. The van der Waals surface area contributed by atoms with Gasteiger partial charge in [0.05, 0.1) is 13.2 Å². The Morgan fingerprint density at radius 2 is 2.11 bits per heavy atom. The summed E-state index contributed by atoms with van der Waals surface area (Å²) < 4.78 is 10.7. The maximum absolute atomic E-state index is 12.0. The number of anilines is 1. The number of carbonyl (C=O) groups excluding carboxylic acids is 1. The fourth-order valence-corrected chi connectivity index (χ4v) is 2.27. The minimum Gasteiger partial charge on any atom is -0.458 e. The Bertz CT molecular complexity index is 600. The summed E-state index contributed by atoms with van der Waals surface area (Å²) in [5.41, 5.74) is 7.74. The molecule has 1 aliphatic heterocycles. The van der Waals surface area contributed by atoms with Crippen LogP contribution in [0.1, 0.15) is 23.3 Å². The third-order valence-corrected chi connectivity index (χ3v) is 3.31. The zero-order valence-electron chi connectivity index (χ0n) is 10.5. The Kier molecular flexibility index (Phi) is 3.13. The van der Waals surface area contributed by atoms with Crippen molar-refractivity contribution in [2.75, 3.05) is 18.9 Å². The van der Waals surface area contributed by atoms with Crippen LogP contribution in [0.2, 0.25) is 0 Å². The van der Waals surface area contributed by atoms with Crippen molar-refractivity contribution in [3.63, 3.8) is 0 Å². The second kappa shape index (κ2) is 4.93. The van der Waals surface area contributed by atoms with E-state index in [2.05, 4.69) is 4.98 Å². The second-order valence-corrected chi connectivity index (χ2v) is 4.75. The van der Waals surface area contributed by atoms with Gasteiger partial charge in [-0.2, -0.15) is 0 Å². The fraction of sp³-hybridized carbons (Fsp3) is 0.357. The van der Waals surface area contributed by atoms with Crippen molar-refractivity contribution < 1.29 is 14.3 Å². The minimum atomic E-state index is -0.318. The summed E-state index contributed by atoms with van der Waals surface area (Å²) in [6.07, 6.45) is 1.48. The molecule has 3 rings (SSSR count). The number of fused-ring (bicyclic) bond motifs is 1. The van der Waals surface area contributed by atoms with E-state index in [0.29, 0.717) is 24.6 Å². The van der Waals surface area contributed by atoms with Gasteiger partial charge in [-0.15, -0.1) is 0 Å². The number of ether oxygens (including phenoxy) is 2. The van der Waals surface area contributed by atoms with Crippen LogP contribution < -0.4 is 5.73 Å². The Hall–Kier alpha value is -2.01. The number of aromatic amines is 1. The molecule has 0 spiro atoms. The summed E-state index contributed by atoms with van der Waals surface area (Å²) >= 11 is 0. The average molecular weight is 260 g/mol. The van der Waals surface area contributed by atoms with Crippen molar-refractivity contribution in [1.82, 2.24) is 4.98 Å². The normalized spacial score (nSPS) is 16.6. The van der Waals surface area contributed by atoms with E-state index < -0.39 is 0 Å². The molecule has 0 bridgehead atoms. The fourth-order valence-electron chi connectivity index (χ4n) is 2.27. The van der Waals surface area contributed by atoms with Gasteiger partial charge in [0.15, 0.2) is 0 Å². The number of nitrogens with one attached hydrogen (secondary N) is 1. The van der Waals surface area contributed by atoms with Gasteiger partial charge in [0.2, 0.25) is 0 Å². The van der Waals surface area contributed by atoms with Crippen molar-refractivity contribution in [2.45, 2.75) is 18.9 Å². The molecule has 0 amide bonds. The Morgan fingerprint density at radius 1 is 1.32 bits per heavy atom. The SMILES string of the molecule is Nc1ccc2[nH]c(C(=O)OC3CCOCC3)cc2c1. The van der Waals surface area contributed by atoms with Gasteiger partial charge in [-0.05, 0) is 24.3 Å². The lowest BCUT2D eigenvalue weighted by Gasteiger charge is -2.21. The summed E-state index contributed by atoms with van der Waals surface area (Å²) in [4.78, 5) is 15.1. The molecule has 1 saturated heterocycles. The van der Waals surface area contributed by atoms with Crippen LogP contribution in [0.5, 0.6) is 0 Å². The first-order valence-electron chi connectivity index (χ1n) is 6.39. The monoisotopic (exact) mass is 260 g/mol. The molecule has 0 unspecified atom stereocenters. The van der Waals surface area contributed by atoms with Crippen LogP contribution in [-0.2, 0) is 9.47 Å². The quantitative estimate of drug-likeness (QED) is 0.640. The zero-order chi connectivity index (χ0) is 13.2. The molecule has 3 N–H and O–H groups in total. The van der Waals surface area contributed by atoms with Gasteiger partial charge in [-0.3, -0.25) is 0 Å². The highest BCUT2D eigenvalue weighted by Crippen LogP contribution is 2.20. The number of rotatable bonds is 2. The molecule has 1 aromatic carbocycles. The predicted molar refractivity (Wildman–Crippen MR) is 72.0 cm³/mol. The van der Waals surface area contributed by atoms with Crippen molar-refractivity contribution in [3.05, 3.63) is 30.0 Å². The first-order chi connectivity index (χ1) is 9.22. The van der Waals surface area contributed by atoms with E-state index in [-0.39, 0.29) is 12.1 Å². The van der Waals surface area contributed by atoms with Gasteiger partial charge >= 0.3 is 5.97 Å². The van der Waals surface area contributed by atoms with Gasteiger partial charge in [0.25, 0.3) is 0 Å². The van der Waals surface area contributed by atoms with E-state index in [4.69, 9.17) is 15.2 Å². The van der Waals surface area contributed by atoms with Crippen molar-refractivity contribution in [3.8, 4) is 0 Å². The van der Waals surface area contributed by atoms with Crippen LogP contribution in [-0.4, -0.2) is 30.3 Å². The molecular weight excluding hydrogens is 244 g/mol. The third-order valence-electron chi connectivity index (χ3n) is 3.31. The molecular formula is C14H16N2O3. The molecule has 0 saturated carbocycles. The second-order valence-electron chi connectivity index (χ2n) is 4.75. The molecule has 100 valence electrons. The van der Waals surface area contributed by atoms with Crippen LogP contribution in [0.15, 0.2) is 24.3 Å². The molecule has 1 aromatic heterocycles. The molecule has 2 aromatic rings. The first kappa shape index (κ1) is 12.0. The summed E-state index contributed by atoms with van der Waals surface area (Å²) in [7, 11) is 0. The summed E-state index contributed by atoms with van der Waals surface area (Å²) in [5, 5.41) is 0.916.